The van der Waals surface area contributed by atoms with Gasteiger partial charge in [0, 0.05) is 18.5 Å². The van der Waals surface area contributed by atoms with Crippen molar-refractivity contribution in [1.82, 2.24) is 0 Å². The maximum absolute atomic E-state index is 12.3. The van der Waals surface area contributed by atoms with Gasteiger partial charge in [-0.2, -0.15) is 0 Å². The van der Waals surface area contributed by atoms with Gasteiger partial charge >= 0.3 is 11.9 Å². The summed E-state index contributed by atoms with van der Waals surface area (Å²) in [6.45, 7) is 0.0622. The van der Waals surface area contributed by atoms with Crippen molar-refractivity contribution in [2.75, 3.05) is 25.7 Å². The summed E-state index contributed by atoms with van der Waals surface area (Å²) < 4.78 is 9.60. The lowest BCUT2D eigenvalue weighted by Crippen LogP contribution is -2.26. The summed E-state index contributed by atoms with van der Waals surface area (Å²) in [5.74, 6) is -1.27. The van der Waals surface area contributed by atoms with E-state index in [1.807, 2.05) is 12.1 Å². The number of carbonyl (C=O) groups is 2. The number of anilines is 1. The molecule has 1 aliphatic heterocycles. The van der Waals surface area contributed by atoms with Crippen LogP contribution in [0, 0.1) is 0 Å². The van der Waals surface area contributed by atoms with E-state index in [1.165, 1.54) is 20.3 Å². The van der Waals surface area contributed by atoms with Gasteiger partial charge in [-0.25, -0.2) is 9.59 Å². The molecule has 0 amide bonds. The third-order valence-electron chi connectivity index (χ3n) is 3.50. The van der Waals surface area contributed by atoms with Gasteiger partial charge in [-0.3, -0.25) is 0 Å². The van der Waals surface area contributed by atoms with Crippen LogP contribution in [0.25, 0.3) is 0 Å². The number of nitrogens with zero attached hydrogens (tertiary/aromatic N) is 1. The molecule has 126 valence electrons. The lowest BCUT2D eigenvalue weighted by molar-refractivity contribution is -0.139. The number of aliphatic hydroxyl groups is 1. The minimum absolute atomic E-state index is 0.0622. The van der Waals surface area contributed by atoms with Gasteiger partial charge < -0.3 is 19.5 Å². The molecule has 0 bridgehead atoms. The predicted molar refractivity (Wildman–Crippen MR) is 89.0 cm³/mol. The quantitative estimate of drug-likeness (QED) is 0.829. The molecule has 1 aromatic carbocycles. The molecule has 0 spiro atoms. The molecule has 1 heterocycles. The van der Waals surface area contributed by atoms with E-state index in [9.17, 15) is 9.59 Å². The summed E-state index contributed by atoms with van der Waals surface area (Å²) in [7, 11) is 2.51. The molecule has 0 unspecified atom stereocenters. The average molecular weight is 329 g/mol. The van der Waals surface area contributed by atoms with Crippen LogP contribution >= 0.6 is 0 Å². The van der Waals surface area contributed by atoms with Gasteiger partial charge in [0.25, 0.3) is 0 Å². The number of hydrogen-bond donors (Lipinski definition) is 1. The second-order valence-corrected chi connectivity index (χ2v) is 4.96. The summed E-state index contributed by atoms with van der Waals surface area (Å²) in [6, 6.07) is 7.31. The molecule has 0 saturated carbocycles. The maximum atomic E-state index is 12.3. The topological polar surface area (TPSA) is 76.1 Å². The second kappa shape index (κ2) is 8.12. The molecule has 1 aromatic rings. The van der Waals surface area contributed by atoms with Crippen LogP contribution in [-0.4, -0.2) is 37.9 Å². The summed E-state index contributed by atoms with van der Waals surface area (Å²) in [5.41, 5.74) is 1.83. The summed E-state index contributed by atoms with van der Waals surface area (Å²) in [6.07, 6.45) is 7.08. The number of hydrogen-bond acceptors (Lipinski definition) is 6. The summed E-state index contributed by atoms with van der Waals surface area (Å²) in [5, 5.41) is 8.99. The number of rotatable bonds is 5. The Hall–Kier alpha value is -2.86. The van der Waals surface area contributed by atoms with E-state index in [1.54, 1.807) is 35.4 Å². The number of ether oxygens (including phenoxy) is 2. The zero-order chi connectivity index (χ0) is 17.5. The molecule has 24 heavy (non-hydrogen) atoms. The van der Waals surface area contributed by atoms with Gasteiger partial charge in [0.1, 0.15) is 5.70 Å². The lowest BCUT2D eigenvalue weighted by Gasteiger charge is -2.23. The maximum Gasteiger partial charge on any atom is 0.355 e. The van der Waals surface area contributed by atoms with Crippen molar-refractivity contribution in [2.24, 2.45) is 0 Å². The van der Waals surface area contributed by atoms with Gasteiger partial charge in [-0.05, 0) is 36.3 Å². The highest BCUT2D eigenvalue weighted by molar-refractivity contribution is 6.05. The zero-order valence-corrected chi connectivity index (χ0v) is 13.6. The highest BCUT2D eigenvalue weighted by Gasteiger charge is 2.27. The van der Waals surface area contributed by atoms with Crippen molar-refractivity contribution >= 4 is 17.6 Å². The number of allylic oxidation sites excluding steroid dienone is 2. The van der Waals surface area contributed by atoms with Crippen molar-refractivity contribution in [3.05, 3.63) is 65.5 Å². The van der Waals surface area contributed by atoms with E-state index in [4.69, 9.17) is 14.6 Å². The molecule has 0 radical (unpaired) electrons. The van der Waals surface area contributed by atoms with E-state index >= 15 is 0 Å². The number of aliphatic hydroxyl groups excluding tert-OH is 1. The van der Waals surface area contributed by atoms with E-state index in [0.29, 0.717) is 12.1 Å². The molecular weight excluding hydrogens is 310 g/mol. The van der Waals surface area contributed by atoms with Gasteiger partial charge in [0.05, 0.1) is 19.8 Å². The minimum atomic E-state index is -0.647. The van der Waals surface area contributed by atoms with Crippen LogP contribution in [0.2, 0.25) is 0 Å². The molecule has 6 heteroatoms. The molecule has 0 atom stereocenters. The molecule has 0 fully saturated rings. The fraction of sp³-hybridized carbons (Fsp3) is 0.222. The predicted octanol–water partition coefficient (Wildman–Crippen LogP) is 1.71. The Morgan fingerprint density at radius 3 is 2.29 bits per heavy atom. The molecule has 2 rings (SSSR count). The molecule has 6 nitrogen and oxygen atoms in total. The largest absolute Gasteiger partial charge is 0.465 e. The van der Waals surface area contributed by atoms with E-state index in [-0.39, 0.29) is 17.9 Å². The number of methoxy groups -OCH3 is 2. The first-order chi connectivity index (χ1) is 11.6. The third-order valence-corrected chi connectivity index (χ3v) is 3.50. The minimum Gasteiger partial charge on any atom is -0.465 e. The fourth-order valence-electron chi connectivity index (χ4n) is 2.32. The first-order valence-electron chi connectivity index (χ1n) is 7.37. The Morgan fingerprint density at radius 2 is 1.71 bits per heavy atom. The van der Waals surface area contributed by atoms with E-state index in [0.717, 1.165) is 5.56 Å². The Balaban J connectivity index is 2.52. The van der Waals surface area contributed by atoms with Crippen LogP contribution in [0.4, 0.5) is 5.69 Å². The molecule has 1 N–H and O–H groups in total. The van der Waals surface area contributed by atoms with Crippen LogP contribution in [0.3, 0.4) is 0 Å². The normalized spacial score (nSPS) is 13.7. The Labute approximate surface area is 140 Å². The monoisotopic (exact) mass is 329 g/mol. The highest BCUT2D eigenvalue weighted by atomic mass is 16.5. The molecule has 0 aliphatic carbocycles. The lowest BCUT2D eigenvalue weighted by atomic mass is 10.1. The van der Waals surface area contributed by atoms with Crippen LogP contribution in [0.5, 0.6) is 0 Å². The van der Waals surface area contributed by atoms with Gasteiger partial charge in [0.2, 0.25) is 0 Å². The number of esters is 2. The summed E-state index contributed by atoms with van der Waals surface area (Å²) in [4.78, 5) is 25.9. The van der Waals surface area contributed by atoms with Crippen molar-refractivity contribution in [3.63, 3.8) is 0 Å². The Bertz CT molecular complexity index is 701. The zero-order valence-electron chi connectivity index (χ0n) is 13.6. The smallest absolute Gasteiger partial charge is 0.355 e. The standard InChI is InChI=1S/C18H19NO5/c1-23-17(21)15-5-3-4-11-19(16(15)18(22)24-2)14-8-6-13(7-9-14)10-12-20/h3-9,11,20H,10,12H2,1-2H3. The van der Waals surface area contributed by atoms with Gasteiger partial charge in [-0.15, -0.1) is 0 Å². The van der Waals surface area contributed by atoms with Crippen LogP contribution < -0.4 is 4.90 Å². The van der Waals surface area contributed by atoms with Crippen molar-refractivity contribution < 1.29 is 24.2 Å². The van der Waals surface area contributed by atoms with Crippen LogP contribution in [0.15, 0.2) is 60.0 Å². The number of carbonyl (C=O) groups excluding carboxylic acids is 2. The van der Waals surface area contributed by atoms with Crippen LogP contribution in [0.1, 0.15) is 5.56 Å². The van der Waals surface area contributed by atoms with Gasteiger partial charge in [-0.1, -0.05) is 18.2 Å². The Morgan fingerprint density at radius 1 is 1.04 bits per heavy atom. The third kappa shape index (κ3) is 3.72. The van der Waals surface area contributed by atoms with E-state index < -0.39 is 11.9 Å². The summed E-state index contributed by atoms with van der Waals surface area (Å²) >= 11 is 0. The van der Waals surface area contributed by atoms with Gasteiger partial charge in [0.15, 0.2) is 0 Å². The molecular formula is C18H19NO5. The molecule has 0 saturated heterocycles. The first-order valence-corrected chi connectivity index (χ1v) is 7.37. The Kier molecular flexibility index (Phi) is 5.92. The average Bonchev–Trinajstić information content (AvgIpc) is 2.84. The second-order valence-electron chi connectivity index (χ2n) is 4.96. The van der Waals surface area contributed by atoms with E-state index in [2.05, 4.69) is 0 Å². The van der Waals surface area contributed by atoms with Crippen molar-refractivity contribution in [1.29, 1.82) is 0 Å². The molecule has 1 aliphatic rings. The van der Waals surface area contributed by atoms with Crippen LogP contribution in [-0.2, 0) is 25.5 Å². The van der Waals surface area contributed by atoms with Crippen molar-refractivity contribution in [3.8, 4) is 0 Å². The van der Waals surface area contributed by atoms with Crippen molar-refractivity contribution in [2.45, 2.75) is 6.42 Å². The molecule has 0 aromatic heterocycles. The fourth-order valence-corrected chi connectivity index (χ4v) is 2.32. The highest BCUT2D eigenvalue weighted by Crippen LogP contribution is 2.26. The number of benzene rings is 1. The first kappa shape index (κ1) is 17.5. The SMILES string of the molecule is COC(=O)C1=C(C(=O)OC)N(c2ccc(CCO)cc2)C=CC=C1.